The van der Waals surface area contributed by atoms with E-state index in [1.165, 1.54) is 4.90 Å². The van der Waals surface area contributed by atoms with Crippen molar-refractivity contribution < 1.29 is 24.6 Å². The van der Waals surface area contributed by atoms with E-state index >= 15 is 0 Å². The Kier molecular flexibility index (Phi) is 3.83. The summed E-state index contributed by atoms with van der Waals surface area (Å²) in [5.41, 5.74) is 5.21. The van der Waals surface area contributed by atoms with Gasteiger partial charge in [-0.15, -0.1) is 0 Å². The molecule has 0 saturated carbocycles. The van der Waals surface area contributed by atoms with E-state index in [0.717, 1.165) is 0 Å². The summed E-state index contributed by atoms with van der Waals surface area (Å²) in [4.78, 5) is 34.0. The molecule has 0 aromatic carbocycles. The number of amides is 1. The van der Waals surface area contributed by atoms with Gasteiger partial charge in [-0.05, 0) is 12.8 Å². The number of carbonyl (C=O) groups is 3. The minimum absolute atomic E-state index is 0.349. The fourth-order valence-corrected chi connectivity index (χ4v) is 1.71. The van der Waals surface area contributed by atoms with Crippen LogP contribution in [-0.4, -0.2) is 51.6 Å². The molecule has 1 amide bonds. The SMILES string of the molecule is N[C@@H](CC(=O)N1CCC[C@H]1C(=O)O)C(=O)O. The average molecular weight is 230 g/mol. The number of nitrogens with two attached hydrogens (primary N) is 1. The van der Waals surface area contributed by atoms with Crippen molar-refractivity contribution >= 4 is 17.8 Å². The minimum atomic E-state index is -1.28. The highest BCUT2D eigenvalue weighted by atomic mass is 16.4. The molecule has 16 heavy (non-hydrogen) atoms. The number of hydrogen-bond acceptors (Lipinski definition) is 4. The van der Waals surface area contributed by atoms with Crippen molar-refractivity contribution in [3.05, 3.63) is 0 Å². The molecular formula is C9H14N2O5. The summed E-state index contributed by atoms with van der Waals surface area (Å²) in [5, 5.41) is 17.4. The van der Waals surface area contributed by atoms with Crippen LogP contribution in [0.4, 0.5) is 0 Å². The van der Waals surface area contributed by atoms with Crippen LogP contribution in [0, 0.1) is 0 Å². The van der Waals surface area contributed by atoms with Crippen LogP contribution in [0.15, 0.2) is 0 Å². The quantitative estimate of drug-likeness (QED) is 0.561. The standard InChI is InChI=1S/C9H14N2O5/c10-5(8(13)14)4-7(12)11-3-1-2-6(11)9(15)16/h5-6H,1-4,10H2,(H,13,14)(H,15,16)/t5-,6-/m0/s1. The molecule has 7 nitrogen and oxygen atoms in total. The number of hydrogen-bond donors (Lipinski definition) is 3. The Morgan fingerprint density at radius 1 is 1.38 bits per heavy atom. The highest BCUT2D eigenvalue weighted by molar-refractivity contribution is 5.88. The first kappa shape index (κ1) is 12.4. The van der Waals surface area contributed by atoms with Crippen LogP contribution >= 0.6 is 0 Å². The molecule has 7 heteroatoms. The second kappa shape index (κ2) is 4.93. The maximum atomic E-state index is 11.6. The van der Waals surface area contributed by atoms with Crippen molar-refractivity contribution in [1.82, 2.24) is 4.90 Å². The number of carboxylic acid groups (broad SMARTS) is 2. The molecule has 0 bridgehead atoms. The molecule has 0 aromatic heterocycles. The van der Waals surface area contributed by atoms with Crippen LogP contribution in [0.2, 0.25) is 0 Å². The fourth-order valence-electron chi connectivity index (χ4n) is 1.71. The summed E-state index contributed by atoms with van der Waals surface area (Å²) in [6, 6.07) is -2.11. The summed E-state index contributed by atoms with van der Waals surface area (Å²) < 4.78 is 0. The van der Waals surface area contributed by atoms with Crippen LogP contribution in [0.3, 0.4) is 0 Å². The second-order valence-electron chi connectivity index (χ2n) is 3.73. The summed E-state index contributed by atoms with van der Waals surface area (Å²) in [7, 11) is 0. The molecule has 0 unspecified atom stereocenters. The van der Waals surface area contributed by atoms with Gasteiger partial charge in [0, 0.05) is 6.54 Å². The molecule has 1 rings (SSSR count). The first-order chi connectivity index (χ1) is 7.43. The van der Waals surface area contributed by atoms with Crippen LogP contribution in [0.1, 0.15) is 19.3 Å². The lowest BCUT2D eigenvalue weighted by Crippen LogP contribution is -2.44. The topological polar surface area (TPSA) is 121 Å². The van der Waals surface area contributed by atoms with Gasteiger partial charge in [-0.2, -0.15) is 0 Å². The molecule has 1 saturated heterocycles. The van der Waals surface area contributed by atoms with E-state index in [-0.39, 0.29) is 6.42 Å². The van der Waals surface area contributed by atoms with Crippen LogP contribution in [-0.2, 0) is 14.4 Å². The van der Waals surface area contributed by atoms with E-state index in [0.29, 0.717) is 19.4 Å². The molecule has 1 aliphatic heterocycles. The molecule has 90 valence electrons. The highest BCUT2D eigenvalue weighted by Crippen LogP contribution is 2.18. The van der Waals surface area contributed by atoms with Gasteiger partial charge in [-0.1, -0.05) is 0 Å². The molecule has 0 radical (unpaired) electrons. The van der Waals surface area contributed by atoms with Crippen molar-refractivity contribution in [3.8, 4) is 0 Å². The van der Waals surface area contributed by atoms with Crippen molar-refractivity contribution in [2.75, 3.05) is 6.54 Å². The lowest BCUT2D eigenvalue weighted by molar-refractivity contribution is -0.149. The molecule has 0 spiro atoms. The Balaban J connectivity index is 2.60. The zero-order chi connectivity index (χ0) is 12.3. The van der Waals surface area contributed by atoms with E-state index < -0.39 is 29.9 Å². The van der Waals surface area contributed by atoms with Crippen LogP contribution in [0.5, 0.6) is 0 Å². The van der Waals surface area contributed by atoms with Crippen molar-refractivity contribution in [1.29, 1.82) is 0 Å². The maximum Gasteiger partial charge on any atom is 0.326 e. The molecule has 4 N–H and O–H groups in total. The van der Waals surface area contributed by atoms with Gasteiger partial charge in [0.15, 0.2) is 0 Å². The van der Waals surface area contributed by atoms with Gasteiger partial charge in [-0.3, -0.25) is 9.59 Å². The maximum absolute atomic E-state index is 11.6. The van der Waals surface area contributed by atoms with Crippen molar-refractivity contribution in [2.24, 2.45) is 5.73 Å². The molecular weight excluding hydrogens is 216 g/mol. The summed E-state index contributed by atoms with van der Waals surface area (Å²) >= 11 is 0. The Morgan fingerprint density at radius 2 is 2.00 bits per heavy atom. The molecule has 2 atom stereocenters. The highest BCUT2D eigenvalue weighted by Gasteiger charge is 2.34. The number of rotatable bonds is 4. The van der Waals surface area contributed by atoms with Crippen molar-refractivity contribution in [3.63, 3.8) is 0 Å². The van der Waals surface area contributed by atoms with E-state index in [4.69, 9.17) is 15.9 Å². The number of carbonyl (C=O) groups excluding carboxylic acids is 1. The van der Waals surface area contributed by atoms with Gasteiger partial charge in [-0.25, -0.2) is 4.79 Å². The zero-order valence-corrected chi connectivity index (χ0v) is 8.63. The largest absolute Gasteiger partial charge is 0.480 e. The van der Waals surface area contributed by atoms with E-state index in [1.54, 1.807) is 0 Å². The summed E-state index contributed by atoms with van der Waals surface area (Å²) in [6.07, 6.45) is 0.660. The van der Waals surface area contributed by atoms with Crippen molar-refractivity contribution in [2.45, 2.75) is 31.3 Å². The van der Waals surface area contributed by atoms with E-state index in [2.05, 4.69) is 0 Å². The number of likely N-dealkylation sites (tertiary alicyclic amines) is 1. The molecule has 1 heterocycles. The van der Waals surface area contributed by atoms with Crippen LogP contribution in [0.25, 0.3) is 0 Å². The van der Waals surface area contributed by atoms with Gasteiger partial charge < -0.3 is 20.8 Å². The molecule has 0 aliphatic carbocycles. The normalized spacial score (nSPS) is 21.8. The summed E-state index contributed by atoms with van der Waals surface area (Å²) in [6.45, 7) is 0.349. The first-order valence-corrected chi connectivity index (χ1v) is 4.94. The third-order valence-corrected chi connectivity index (χ3v) is 2.57. The summed E-state index contributed by atoms with van der Waals surface area (Å²) in [5.74, 6) is -2.84. The fraction of sp³-hybridized carbons (Fsp3) is 0.667. The monoisotopic (exact) mass is 230 g/mol. The first-order valence-electron chi connectivity index (χ1n) is 4.94. The smallest absolute Gasteiger partial charge is 0.326 e. The molecule has 1 fully saturated rings. The Morgan fingerprint density at radius 3 is 2.50 bits per heavy atom. The molecule has 0 aromatic rings. The third-order valence-electron chi connectivity index (χ3n) is 2.57. The van der Waals surface area contributed by atoms with Gasteiger partial charge in [0.1, 0.15) is 12.1 Å². The third kappa shape index (κ3) is 2.69. The van der Waals surface area contributed by atoms with E-state index in [9.17, 15) is 14.4 Å². The average Bonchev–Trinajstić information content (AvgIpc) is 2.65. The van der Waals surface area contributed by atoms with Gasteiger partial charge >= 0.3 is 11.9 Å². The minimum Gasteiger partial charge on any atom is -0.480 e. The van der Waals surface area contributed by atoms with Gasteiger partial charge in [0.25, 0.3) is 0 Å². The zero-order valence-electron chi connectivity index (χ0n) is 8.63. The Labute approximate surface area is 91.8 Å². The lowest BCUT2D eigenvalue weighted by atomic mass is 10.2. The van der Waals surface area contributed by atoms with Crippen LogP contribution < -0.4 is 5.73 Å². The van der Waals surface area contributed by atoms with Gasteiger partial charge in [0.2, 0.25) is 5.91 Å². The van der Waals surface area contributed by atoms with E-state index in [1.807, 2.05) is 0 Å². The Bertz CT molecular complexity index is 317. The predicted molar refractivity (Wildman–Crippen MR) is 52.6 cm³/mol. The number of carboxylic acids is 2. The van der Waals surface area contributed by atoms with Gasteiger partial charge in [0.05, 0.1) is 6.42 Å². The number of aliphatic carboxylic acids is 2. The predicted octanol–water partition coefficient (Wildman–Crippen LogP) is -1.14. The Hall–Kier alpha value is -1.63. The molecule has 1 aliphatic rings. The lowest BCUT2D eigenvalue weighted by Gasteiger charge is -2.22. The number of nitrogens with zero attached hydrogens (tertiary/aromatic N) is 1. The second-order valence-corrected chi connectivity index (χ2v) is 3.73.